The van der Waals surface area contributed by atoms with Crippen molar-refractivity contribution in [3.63, 3.8) is 0 Å². The summed E-state index contributed by atoms with van der Waals surface area (Å²) in [5.74, 6) is 3.16. The van der Waals surface area contributed by atoms with Gasteiger partial charge in [-0.1, -0.05) is 6.08 Å². The van der Waals surface area contributed by atoms with Crippen LogP contribution in [-0.4, -0.2) is 66.5 Å². The highest BCUT2D eigenvalue weighted by Crippen LogP contribution is 2.45. The van der Waals surface area contributed by atoms with Gasteiger partial charge in [-0.3, -0.25) is 0 Å². The molecule has 1 aliphatic heterocycles. The van der Waals surface area contributed by atoms with Crippen LogP contribution in [0.2, 0.25) is 0 Å². The first-order valence-corrected chi connectivity index (χ1v) is 14.1. The first-order chi connectivity index (χ1) is 18.6. The number of carbonyl (C=O) groups is 1. The Hall–Kier alpha value is -3.29. The zero-order chi connectivity index (χ0) is 28.2. The first-order valence-electron chi connectivity index (χ1n) is 14.1. The number of methoxy groups -OCH3 is 2. The lowest BCUT2D eigenvalue weighted by Crippen LogP contribution is -2.55. The van der Waals surface area contributed by atoms with Crippen LogP contribution in [0.25, 0.3) is 5.57 Å². The second-order valence-electron chi connectivity index (χ2n) is 11.6. The van der Waals surface area contributed by atoms with Gasteiger partial charge in [0.2, 0.25) is 0 Å². The molecule has 8 heteroatoms. The maximum atomic E-state index is 12.7. The molecule has 2 aromatic rings. The molecule has 1 amide bonds. The third-order valence-corrected chi connectivity index (χ3v) is 7.36. The molecule has 0 N–H and O–H groups in total. The van der Waals surface area contributed by atoms with Crippen molar-refractivity contribution in [1.29, 1.82) is 0 Å². The number of benzene rings is 1. The number of allylic oxidation sites excluding steroid dienone is 2. The summed E-state index contributed by atoms with van der Waals surface area (Å²) in [6, 6.07) is 6.15. The Morgan fingerprint density at radius 3 is 2.31 bits per heavy atom. The monoisotopic (exact) mass is 536 g/mol. The molecule has 2 aliphatic rings. The van der Waals surface area contributed by atoms with Gasteiger partial charge in [-0.2, -0.15) is 0 Å². The Kier molecular flexibility index (Phi) is 9.03. The van der Waals surface area contributed by atoms with Crippen molar-refractivity contribution in [3.8, 4) is 11.5 Å². The van der Waals surface area contributed by atoms with Crippen molar-refractivity contribution in [3.05, 3.63) is 47.4 Å². The molecule has 1 atom stereocenters. The van der Waals surface area contributed by atoms with Crippen LogP contribution < -0.4 is 14.4 Å². The van der Waals surface area contributed by atoms with Gasteiger partial charge in [-0.05, 0) is 95.9 Å². The van der Waals surface area contributed by atoms with Crippen LogP contribution in [0, 0.1) is 5.92 Å². The van der Waals surface area contributed by atoms with Crippen LogP contribution in [0.15, 0.2) is 30.6 Å². The number of anilines is 1. The van der Waals surface area contributed by atoms with E-state index in [4.69, 9.17) is 24.2 Å². The molecule has 8 nitrogen and oxygen atoms in total. The van der Waals surface area contributed by atoms with E-state index in [0.29, 0.717) is 25.6 Å². The minimum absolute atomic E-state index is 0.106. The van der Waals surface area contributed by atoms with E-state index in [1.54, 1.807) is 20.5 Å². The lowest BCUT2D eigenvalue weighted by atomic mass is 9.95. The predicted octanol–water partition coefficient (Wildman–Crippen LogP) is 5.93. The number of hydrogen-bond acceptors (Lipinski definition) is 7. The fourth-order valence-corrected chi connectivity index (χ4v) is 5.33. The molecule has 1 aromatic heterocycles. The van der Waals surface area contributed by atoms with Gasteiger partial charge in [0.15, 0.2) is 0 Å². The summed E-state index contributed by atoms with van der Waals surface area (Å²) in [6.07, 6.45) is 8.81. The van der Waals surface area contributed by atoms with E-state index in [1.165, 1.54) is 29.5 Å². The molecule has 0 bridgehead atoms. The van der Waals surface area contributed by atoms with E-state index in [1.807, 2.05) is 31.7 Å². The van der Waals surface area contributed by atoms with Crippen LogP contribution in [-0.2, 0) is 17.6 Å². The molecule has 0 spiro atoms. The minimum Gasteiger partial charge on any atom is -0.497 e. The Bertz CT molecular complexity index is 1160. The Morgan fingerprint density at radius 2 is 1.74 bits per heavy atom. The molecular formula is C31H44N4O4. The van der Waals surface area contributed by atoms with Crippen LogP contribution in [0.4, 0.5) is 10.6 Å². The quantitative estimate of drug-likeness (QED) is 0.393. The van der Waals surface area contributed by atoms with E-state index >= 15 is 0 Å². The maximum Gasteiger partial charge on any atom is 0.410 e. The van der Waals surface area contributed by atoms with Crippen LogP contribution in [0.1, 0.15) is 70.7 Å². The fraction of sp³-hybridized carbons (Fsp3) is 0.581. The lowest BCUT2D eigenvalue weighted by molar-refractivity contribution is 0.0218. The number of ether oxygens (including phenoxy) is 3. The summed E-state index contributed by atoms with van der Waals surface area (Å²) in [5, 5.41) is 0. The molecule has 2 fully saturated rings. The van der Waals surface area contributed by atoms with Crippen LogP contribution in [0.3, 0.4) is 0 Å². The van der Waals surface area contributed by atoms with Crippen molar-refractivity contribution in [2.75, 3.05) is 38.8 Å². The number of aromatic nitrogens is 2. The smallest absolute Gasteiger partial charge is 0.410 e. The SMILES string of the molecule is C/C=C(\c1c(CCCc2cc(OC)cc(OC)c2)ncnc1N1CCN(C(=O)OC(C)(C)C)C[C@@H]1C)C1CC1. The standard InChI is InChI=1S/C31H44N4O4/c1-8-26(23-12-13-23)28-27(11-9-10-22-16-24(37-6)18-25(17-22)38-7)32-20-33-29(28)35-15-14-34(19-21(35)2)30(36)39-31(3,4)5/h8,16-18,20-21,23H,9-15,19H2,1-7H3/b26-8-/t21-/m0/s1. The van der Waals surface area contributed by atoms with Crippen molar-refractivity contribution in [2.24, 2.45) is 5.92 Å². The highest BCUT2D eigenvalue weighted by Gasteiger charge is 2.35. The highest BCUT2D eigenvalue weighted by molar-refractivity contribution is 5.79. The Balaban J connectivity index is 1.55. The second kappa shape index (κ2) is 12.3. The largest absolute Gasteiger partial charge is 0.497 e. The van der Waals surface area contributed by atoms with Gasteiger partial charge >= 0.3 is 6.09 Å². The maximum absolute atomic E-state index is 12.7. The topological polar surface area (TPSA) is 77.0 Å². The van der Waals surface area contributed by atoms with Gasteiger partial charge in [0.05, 0.1) is 19.9 Å². The Morgan fingerprint density at radius 1 is 1.05 bits per heavy atom. The second-order valence-corrected chi connectivity index (χ2v) is 11.6. The molecule has 1 aromatic carbocycles. The van der Waals surface area contributed by atoms with Gasteiger partial charge in [0.1, 0.15) is 29.2 Å². The number of carbonyl (C=O) groups excluding carboxylic acids is 1. The van der Waals surface area contributed by atoms with Gasteiger partial charge in [-0.15, -0.1) is 0 Å². The summed E-state index contributed by atoms with van der Waals surface area (Å²) in [5.41, 5.74) is 4.31. The van der Waals surface area contributed by atoms with E-state index in [-0.39, 0.29) is 12.1 Å². The van der Waals surface area contributed by atoms with Crippen LogP contribution in [0.5, 0.6) is 11.5 Å². The zero-order valence-corrected chi connectivity index (χ0v) is 24.6. The van der Waals surface area contributed by atoms with Gasteiger partial charge in [0.25, 0.3) is 0 Å². The average molecular weight is 537 g/mol. The molecule has 0 radical (unpaired) electrons. The van der Waals surface area contributed by atoms with Gasteiger partial charge in [-0.25, -0.2) is 14.8 Å². The lowest BCUT2D eigenvalue weighted by Gasteiger charge is -2.41. The molecule has 0 unspecified atom stereocenters. The van der Waals surface area contributed by atoms with Gasteiger partial charge in [0, 0.05) is 37.3 Å². The molecule has 4 rings (SSSR count). The summed E-state index contributed by atoms with van der Waals surface area (Å²) in [4.78, 5) is 26.5. The number of hydrogen-bond donors (Lipinski definition) is 0. The molecule has 39 heavy (non-hydrogen) atoms. The zero-order valence-electron chi connectivity index (χ0n) is 24.6. The molecule has 1 saturated carbocycles. The highest BCUT2D eigenvalue weighted by atomic mass is 16.6. The minimum atomic E-state index is -0.507. The Labute approximate surface area is 233 Å². The van der Waals surface area contributed by atoms with E-state index in [2.05, 4.69) is 37.0 Å². The number of amides is 1. The fourth-order valence-electron chi connectivity index (χ4n) is 5.33. The molecule has 1 saturated heterocycles. The summed E-state index contributed by atoms with van der Waals surface area (Å²) in [6.45, 7) is 11.9. The summed E-state index contributed by atoms with van der Waals surface area (Å²) in [7, 11) is 3.36. The third kappa shape index (κ3) is 7.22. The van der Waals surface area contributed by atoms with E-state index < -0.39 is 5.60 Å². The van der Waals surface area contributed by atoms with Gasteiger partial charge < -0.3 is 24.0 Å². The van der Waals surface area contributed by atoms with Crippen LogP contribution >= 0.6 is 0 Å². The third-order valence-electron chi connectivity index (χ3n) is 7.36. The molecular weight excluding hydrogens is 492 g/mol. The summed E-state index contributed by atoms with van der Waals surface area (Å²) >= 11 is 0. The van der Waals surface area contributed by atoms with E-state index in [9.17, 15) is 4.79 Å². The number of nitrogens with zero attached hydrogens (tertiary/aromatic N) is 4. The molecule has 212 valence electrons. The van der Waals surface area contributed by atoms with Crippen molar-refractivity contribution >= 4 is 17.5 Å². The van der Waals surface area contributed by atoms with Crippen molar-refractivity contribution in [2.45, 2.75) is 78.4 Å². The number of aryl methyl sites for hydroxylation is 2. The van der Waals surface area contributed by atoms with E-state index in [0.717, 1.165) is 42.3 Å². The predicted molar refractivity (Wildman–Crippen MR) is 155 cm³/mol. The first kappa shape index (κ1) is 28.7. The molecule has 1 aliphatic carbocycles. The molecule has 2 heterocycles. The average Bonchev–Trinajstić information content (AvgIpc) is 3.74. The van der Waals surface area contributed by atoms with Crippen molar-refractivity contribution in [1.82, 2.24) is 14.9 Å². The number of rotatable bonds is 9. The number of piperazine rings is 1. The summed E-state index contributed by atoms with van der Waals surface area (Å²) < 4.78 is 16.5. The van der Waals surface area contributed by atoms with Crippen molar-refractivity contribution < 1.29 is 19.0 Å². The normalized spacial score (nSPS) is 18.2.